The Hall–Kier alpha value is -2.76. The van der Waals surface area contributed by atoms with Crippen molar-refractivity contribution < 1.29 is 18.7 Å². The van der Waals surface area contributed by atoms with Crippen molar-refractivity contribution in [3.8, 4) is 11.5 Å². The summed E-state index contributed by atoms with van der Waals surface area (Å²) in [7, 11) is 1.61. The van der Waals surface area contributed by atoms with Crippen LogP contribution in [0.25, 0.3) is 0 Å². The van der Waals surface area contributed by atoms with Gasteiger partial charge in [-0.3, -0.25) is 0 Å². The van der Waals surface area contributed by atoms with Crippen molar-refractivity contribution in [1.29, 1.82) is 0 Å². The standard InChI is InChI=1S/C20H25FN2O3/c1-20(2,15-4-6-16(21)7-5-15)14-23-19(24)22-12-13-26-18-10-8-17(25-3)9-11-18/h4-11H,12-14H2,1-3H3,(H2,22,23,24). The molecule has 0 spiro atoms. The molecule has 2 N–H and O–H groups in total. The van der Waals surface area contributed by atoms with Gasteiger partial charge < -0.3 is 20.1 Å². The molecule has 26 heavy (non-hydrogen) atoms. The van der Waals surface area contributed by atoms with Crippen molar-refractivity contribution in [1.82, 2.24) is 10.6 Å². The summed E-state index contributed by atoms with van der Waals surface area (Å²) in [4.78, 5) is 11.9. The molecule has 0 radical (unpaired) electrons. The highest BCUT2D eigenvalue weighted by Crippen LogP contribution is 2.22. The van der Waals surface area contributed by atoms with E-state index in [0.717, 1.165) is 11.3 Å². The zero-order chi connectivity index (χ0) is 19.0. The highest BCUT2D eigenvalue weighted by molar-refractivity contribution is 5.73. The van der Waals surface area contributed by atoms with Gasteiger partial charge in [0, 0.05) is 12.0 Å². The lowest BCUT2D eigenvalue weighted by Gasteiger charge is -2.25. The molecule has 6 heteroatoms. The topological polar surface area (TPSA) is 59.6 Å². The predicted octanol–water partition coefficient (Wildman–Crippen LogP) is 3.49. The van der Waals surface area contributed by atoms with Crippen LogP contribution < -0.4 is 20.1 Å². The minimum Gasteiger partial charge on any atom is -0.497 e. The second-order valence-corrected chi connectivity index (χ2v) is 6.52. The van der Waals surface area contributed by atoms with Gasteiger partial charge in [0.2, 0.25) is 0 Å². The smallest absolute Gasteiger partial charge is 0.314 e. The summed E-state index contributed by atoms with van der Waals surface area (Å²) in [5.41, 5.74) is 0.659. The minimum absolute atomic E-state index is 0.265. The molecule has 0 heterocycles. The Morgan fingerprint density at radius 3 is 2.23 bits per heavy atom. The van der Waals surface area contributed by atoms with Crippen molar-refractivity contribution in [2.45, 2.75) is 19.3 Å². The molecule has 0 saturated heterocycles. The lowest BCUT2D eigenvalue weighted by molar-refractivity contribution is 0.234. The van der Waals surface area contributed by atoms with Crippen LogP contribution in [0.1, 0.15) is 19.4 Å². The van der Waals surface area contributed by atoms with Crippen LogP contribution in [0, 0.1) is 5.82 Å². The first kappa shape index (κ1) is 19.6. The number of nitrogens with one attached hydrogen (secondary N) is 2. The predicted molar refractivity (Wildman–Crippen MR) is 99.3 cm³/mol. The average molecular weight is 360 g/mol. The Morgan fingerprint density at radius 1 is 1.00 bits per heavy atom. The number of hydrogen-bond acceptors (Lipinski definition) is 3. The van der Waals surface area contributed by atoms with Gasteiger partial charge in [-0.25, -0.2) is 9.18 Å². The number of carbonyl (C=O) groups is 1. The van der Waals surface area contributed by atoms with Crippen LogP contribution in [0.5, 0.6) is 11.5 Å². The molecule has 0 saturated carbocycles. The molecule has 0 bridgehead atoms. The molecule has 2 rings (SSSR count). The average Bonchev–Trinajstić information content (AvgIpc) is 2.64. The molecule has 2 amide bonds. The third-order valence-electron chi connectivity index (χ3n) is 4.03. The van der Waals surface area contributed by atoms with Crippen molar-refractivity contribution in [3.63, 3.8) is 0 Å². The van der Waals surface area contributed by atoms with Crippen LogP contribution in [-0.4, -0.2) is 32.8 Å². The Morgan fingerprint density at radius 2 is 1.62 bits per heavy atom. The normalized spacial score (nSPS) is 10.9. The van der Waals surface area contributed by atoms with Crippen molar-refractivity contribution in [2.24, 2.45) is 0 Å². The van der Waals surface area contributed by atoms with E-state index in [0.29, 0.717) is 25.4 Å². The first-order valence-electron chi connectivity index (χ1n) is 8.45. The summed E-state index contributed by atoms with van der Waals surface area (Å²) < 4.78 is 23.7. The molecular formula is C20H25FN2O3. The van der Waals surface area contributed by atoms with Gasteiger partial charge in [0.15, 0.2) is 0 Å². The second kappa shape index (κ2) is 9.08. The number of carbonyl (C=O) groups excluding carboxylic acids is 1. The molecule has 0 fully saturated rings. The maximum Gasteiger partial charge on any atom is 0.314 e. The molecule has 0 aliphatic rings. The van der Waals surface area contributed by atoms with Crippen LogP contribution in [0.15, 0.2) is 48.5 Å². The van der Waals surface area contributed by atoms with E-state index in [1.165, 1.54) is 12.1 Å². The van der Waals surface area contributed by atoms with E-state index < -0.39 is 0 Å². The fraction of sp³-hybridized carbons (Fsp3) is 0.350. The molecular weight excluding hydrogens is 335 g/mol. The number of hydrogen-bond donors (Lipinski definition) is 2. The van der Waals surface area contributed by atoms with Crippen LogP contribution in [0.2, 0.25) is 0 Å². The fourth-order valence-electron chi connectivity index (χ4n) is 2.37. The molecule has 2 aromatic carbocycles. The summed E-state index contributed by atoms with van der Waals surface area (Å²) in [6, 6.07) is 13.3. The lowest BCUT2D eigenvalue weighted by Crippen LogP contribution is -2.43. The number of methoxy groups -OCH3 is 1. The molecule has 0 aliphatic heterocycles. The molecule has 140 valence electrons. The van der Waals surface area contributed by atoms with Crippen molar-refractivity contribution in [2.75, 3.05) is 26.8 Å². The highest BCUT2D eigenvalue weighted by atomic mass is 19.1. The largest absolute Gasteiger partial charge is 0.497 e. The number of halogens is 1. The molecule has 0 aromatic heterocycles. The fourth-order valence-corrected chi connectivity index (χ4v) is 2.37. The maximum absolute atomic E-state index is 13.0. The SMILES string of the molecule is COc1ccc(OCCNC(=O)NCC(C)(C)c2ccc(F)cc2)cc1. The van der Waals surface area contributed by atoms with Gasteiger partial charge in [0.05, 0.1) is 13.7 Å². The Bertz CT molecular complexity index is 700. The zero-order valence-electron chi connectivity index (χ0n) is 15.3. The van der Waals surface area contributed by atoms with Gasteiger partial charge in [0.25, 0.3) is 0 Å². The minimum atomic E-state index is -0.301. The van der Waals surface area contributed by atoms with Crippen molar-refractivity contribution >= 4 is 6.03 Å². The maximum atomic E-state index is 13.0. The Balaban J connectivity index is 1.68. The summed E-state index contributed by atoms with van der Waals surface area (Å²) in [5.74, 6) is 1.20. The van der Waals surface area contributed by atoms with Crippen molar-refractivity contribution in [3.05, 3.63) is 59.9 Å². The summed E-state index contributed by atoms with van der Waals surface area (Å²) in [6.45, 7) is 5.17. The van der Waals surface area contributed by atoms with E-state index >= 15 is 0 Å². The van der Waals surface area contributed by atoms with E-state index in [1.54, 1.807) is 19.2 Å². The number of rotatable bonds is 8. The molecule has 2 aromatic rings. The first-order chi connectivity index (χ1) is 12.4. The van der Waals surface area contributed by atoms with Gasteiger partial charge >= 0.3 is 6.03 Å². The molecule has 5 nitrogen and oxygen atoms in total. The first-order valence-corrected chi connectivity index (χ1v) is 8.45. The van der Waals surface area contributed by atoms with Crippen LogP contribution in [0.3, 0.4) is 0 Å². The number of benzene rings is 2. The summed E-state index contributed by atoms with van der Waals surface area (Å²) >= 11 is 0. The van der Waals surface area contributed by atoms with Gasteiger partial charge in [-0.15, -0.1) is 0 Å². The zero-order valence-corrected chi connectivity index (χ0v) is 15.3. The van der Waals surface area contributed by atoms with E-state index in [4.69, 9.17) is 9.47 Å². The Kier molecular flexibility index (Phi) is 6.83. The lowest BCUT2D eigenvalue weighted by atomic mass is 9.84. The number of ether oxygens (including phenoxy) is 2. The molecule has 0 atom stereocenters. The molecule has 0 aliphatic carbocycles. The monoisotopic (exact) mass is 360 g/mol. The van der Waals surface area contributed by atoms with Crippen LogP contribution in [0.4, 0.5) is 9.18 Å². The van der Waals surface area contributed by atoms with E-state index in [-0.39, 0.29) is 17.3 Å². The van der Waals surface area contributed by atoms with E-state index in [1.807, 2.05) is 38.1 Å². The van der Waals surface area contributed by atoms with Gasteiger partial charge in [-0.05, 0) is 42.0 Å². The third-order valence-corrected chi connectivity index (χ3v) is 4.03. The van der Waals surface area contributed by atoms with Gasteiger partial charge in [0.1, 0.15) is 23.9 Å². The summed E-state index contributed by atoms with van der Waals surface area (Å²) in [5, 5.41) is 5.58. The highest BCUT2D eigenvalue weighted by Gasteiger charge is 2.21. The number of amides is 2. The summed E-state index contributed by atoms with van der Waals surface area (Å²) in [6.07, 6.45) is 0. The Labute approximate surface area is 153 Å². The third kappa shape index (κ3) is 5.95. The van der Waals surface area contributed by atoms with Crippen LogP contribution >= 0.6 is 0 Å². The van der Waals surface area contributed by atoms with Crippen LogP contribution in [-0.2, 0) is 5.41 Å². The quantitative estimate of drug-likeness (QED) is 0.709. The van der Waals surface area contributed by atoms with E-state index in [2.05, 4.69) is 10.6 Å². The van der Waals surface area contributed by atoms with Gasteiger partial charge in [-0.1, -0.05) is 26.0 Å². The number of urea groups is 1. The second-order valence-electron chi connectivity index (χ2n) is 6.52. The van der Waals surface area contributed by atoms with E-state index in [9.17, 15) is 9.18 Å². The van der Waals surface area contributed by atoms with Gasteiger partial charge in [-0.2, -0.15) is 0 Å². The molecule has 0 unspecified atom stereocenters.